The molecule has 0 aliphatic carbocycles. The van der Waals surface area contributed by atoms with Gasteiger partial charge in [0.2, 0.25) is 16.9 Å². The zero-order chi connectivity index (χ0) is 29.9. The van der Waals surface area contributed by atoms with E-state index >= 15 is 0 Å². The molecule has 1 fully saturated rings. The van der Waals surface area contributed by atoms with Crippen molar-refractivity contribution in [1.29, 1.82) is 0 Å². The molecule has 1 atom stereocenters. The van der Waals surface area contributed by atoms with E-state index in [0.29, 0.717) is 23.9 Å². The van der Waals surface area contributed by atoms with Gasteiger partial charge in [-0.1, -0.05) is 65.9 Å². The fraction of sp³-hybridized carbons (Fsp3) is 0.375. The highest BCUT2D eigenvalue weighted by Gasteiger charge is 2.20. The van der Waals surface area contributed by atoms with Gasteiger partial charge in [0.1, 0.15) is 11.2 Å². The molecule has 2 aromatic carbocycles. The average Bonchev–Trinajstić information content (AvgIpc) is 3.45. The van der Waals surface area contributed by atoms with Crippen LogP contribution in [-0.4, -0.2) is 55.0 Å². The van der Waals surface area contributed by atoms with Crippen LogP contribution in [0, 0.1) is 0 Å². The van der Waals surface area contributed by atoms with Crippen LogP contribution in [0.5, 0.6) is 0 Å². The Morgan fingerprint density at radius 2 is 1.58 bits per heavy atom. The van der Waals surface area contributed by atoms with Crippen LogP contribution in [0.25, 0.3) is 0 Å². The summed E-state index contributed by atoms with van der Waals surface area (Å²) in [6.07, 6.45) is 6.47. The van der Waals surface area contributed by atoms with E-state index in [4.69, 9.17) is 0 Å². The van der Waals surface area contributed by atoms with Crippen molar-refractivity contribution in [2.24, 2.45) is 0 Å². The third-order valence-electron chi connectivity index (χ3n) is 7.30. The van der Waals surface area contributed by atoms with Gasteiger partial charge in [0.05, 0.1) is 18.5 Å². The number of anilines is 2. The molecule has 3 N–H and O–H groups in total. The van der Waals surface area contributed by atoms with E-state index in [1.54, 1.807) is 6.07 Å². The maximum absolute atomic E-state index is 12.7. The van der Waals surface area contributed by atoms with Gasteiger partial charge in [0, 0.05) is 19.5 Å². The quantitative estimate of drug-likeness (QED) is 0.191. The Hall–Kier alpha value is -4.06. The lowest BCUT2D eigenvalue weighted by atomic mass is 10.1. The molecule has 1 saturated heterocycles. The smallest absolute Gasteiger partial charge is 0.230 e. The standard InChI is InChI=1S/C32H37N7O3S/c40-28(20-23-9-2-1-3-10-23)33-27-17-16-26(35-36-27)13-4-5-14-30-37-38-32(43-30)34-29(41)21-24-11-8-12-25(19-24)22-39-18-7-6-15-31(39)42/h1-3,8-12,16-17,19,31,42H,4-7,13-15,18,20-22H2,(H,33,36,40)(H,34,38,41). The van der Waals surface area contributed by atoms with Crippen molar-refractivity contribution in [3.05, 3.63) is 94.1 Å². The lowest BCUT2D eigenvalue weighted by molar-refractivity contribution is -0.116. The number of piperidine rings is 1. The highest BCUT2D eigenvalue weighted by molar-refractivity contribution is 7.15. The zero-order valence-corrected chi connectivity index (χ0v) is 24.9. The normalized spacial score (nSPS) is 15.2. The van der Waals surface area contributed by atoms with Crippen molar-refractivity contribution in [2.45, 2.75) is 70.6 Å². The lowest BCUT2D eigenvalue weighted by Crippen LogP contribution is -2.38. The first kappa shape index (κ1) is 30.4. The Kier molecular flexibility index (Phi) is 10.9. The second kappa shape index (κ2) is 15.4. The fourth-order valence-corrected chi connectivity index (χ4v) is 5.89. The molecule has 0 radical (unpaired) electrons. The summed E-state index contributed by atoms with van der Waals surface area (Å²) < 4.78 is 0. The van der Waals surface area contributed by atoms with E-state index in [0.717, 1.165) is 78.9 Å². The summed E-state index contributed by atoms with van der Waals surface area (Å²) in [6, 6.07) is 21.2. The van der Waals surface area contributed by atoms with Gasteiger partial charge in [-0.15, -0.1) is 15.3 Å². The summed E-state index contributed by atoms with van der Waals surface area (Å²) in [5.41, 5.74) is 3.83. The van der Waals surface area contributed by atoms with Gasteiger partial charge in [-0.2, -0.15) is 5.10 Å². The van der Waals surface area contributed by atoms with E-state index in [1.165, 1.54) is 11.3 Å². The van der Waals surface area contributed by atoms with Gasteiger partial charge in [0.15, 0.2) is 5.82 Å². The number of aliphatic hydroxyl groups excluding tert-OH is 1. The van der Waals surface area contributed by atoms with Crippen LogP contribution in [0.4, 0.5) is 10.9 Å². The number of aliphatic hydroxyl groups is 1. The largest absolute Gasteiger partial charge is 0.378 e. The second-order valence-electron chi connectivity index (χ2n) is 10.8. The topological polar surface area (TPSA) is 133 Å². The number of hydrogen-bond donors (Lipinski definition) is 3. The maximum Gasteiger partial charge on any atom is 0.230 e. The minimum absolute atomic E-state index is 0.125. The van der Waals surface area contributed by atoms with Crippen molar-refractivity contribution < 1.29 is 14.7 Å². The lowest BCUT2D eigenvalue weighted by Gasteiger charge is -2.32. The number of nitrogens with zero attached hydrogens (tertiary/aromatic N) is 5. The molecular weight excluding hydrogens is 562 g/mol. The van der Waals surface area contributed by atoms with Gasteiger partial charge in [-0.3, -0.25) is 14.5 Å². The average molecular weight is 600 g/mol. The second-order valence-corrected chi connectivity index (χ2v) is 11.9. The number of likely N-dealkylation sites (tertiary alicyclic amines) is 1. The number of aromatic nitrogens is 4. The summed E-state index contributed by atoms with van der Waals surface area (Å²) >= 11 is 1.40. The van der Waals surface area contributed by atoms with Gasteiger partial charge in [-0.25, -0.2) is 0 Å². The summed E-state index contributed by atoms with van der Waals surface area (Å²) in [5.74, 6) is 0.189. The molecule has 10 nitrogen and oxygen atoms in total. The van der Waals surface area contributed by atoms with Crippen LogP contribution in [0.3, 0.4) is 0 Å². The van der Waals surface area contributed by atoms with Gasteiger partial charge in [0.25, 0.3) is 0 Å². The molecule has 11 heteroatoms. The number of amides is 2. The van der Waals surface area contributed by atoms with Crippen molar-refractivity contribution in [1.82, 2.24) is 25.3 Å². The number of carbonyl (C=O) groups is 2. The van der Waals surface area contributed by atoms with Gasteiger partial charge in [-0.05, 0) is 67.3 Å². The van der Waals surface area contributed by atoms with E-state index in [1.807, 2.05) is 60.7 Å². The number of hydrogen-bond acceptors (Lipinski definition) is 9. The zero-order valence-electron chi connectivity index (χ0n) is 24.1. The van der Waals surface area contributed by atoms with Crippen molar-refractivity contribution >= 4 is 34.1 Å². The molecule has 4 aromatic rings. The predicted molar refractivity (Wildman–Crippen MR) is 166 cm³/mol. The summed E-state index contributed by atoms with van der Waals surface area (Å²) in [7, 11) is 0. The molecule has 0 spiro atoms. The molecule has 0 bridgehead atoms. The number of nitrogens with one attached hydrogen (secondary N) is 2. The Bertz CT molecular complexity index is 1480. The first-order valence-corrected chi connectivity index (χ1v) is 15.6. The van der Waals surface area contributed by atoms with Crippen LogP contribution in [0.2, 0.25) is 0 Å². The highest BCUT2D eigenvalue weighted by atomic mass is 32.1. The molecule has 1 aliphatic rings. The van der Waals surface area contributed by atoms with Crippen LogP contribution >= 0.6 is 11.3 Å². The monoisotopic (exact) mass is 599 g/mol. The van der Waals surface area contributed by atoms with E-state index < -0.39 is 6.23 Å². The molecular formula is C32H37N7O3S. The molecule has 2 amide bonds. The van der Waals surface area contributed by atoms with E-state index in [-0.39, 0.29) is 18.2 Å². The van der Waals surface area contributed by atoms with Crippen LogP contribution < -0.4 is 10.6 Å². The van der Waals surface area contributed by atoms with Crippen LogP contribution in [0.15, 0.2) is 66.7 Å². The Morgan fingerprint density at radius 1 is 0.814 bits per heavy atom. The van der Waals surface area contributed by atoms with Crippen molar-refractivity contribution in [3.63, 3.8) is 0 Å². The fourth-order valence-electron chi connectivity index (χ4n) is 5.09. The van der Waals surface area contributed by atoms with Crippen LogP contribution in [0.1, 0.15) is 59.5 Å². The number of benzene rings is 2. The van der Waals surface area contributed by atoms with Crippen LogP contribution in [-0.2, 0) is 41.8 Å². The first-order chi connectivity index (χ1) is 21.0. The van der Waals surface area contributed by atoms with E-state index in [9.17, 15) is 14.7 Å². The molecule has 5 rings (SSSR count). The maximum atomic E-state index is 12.7. The number of aryl methyl sites for hydroxylation is 2. The first-order valence-electron chi connectivity index (χ1n) is 14.8. The molecule has 1 unspecified atom stereocenters. The van der Waals surface area contributed by atoms with Gasteiger partial charge < -0.3 is 15.7 Å². The molecule has 2 aromatic heterocycles. The minimum Gasteiger partial charge on any atom is -0.378 e. The minimum atomic E-state index is -0.390. The SMILES string of the molecule is O=C(Cc1ccccc1)Nc1ccc(CCCCc2nnc(NC(=O)Cc3cccc(CN4CCCCC4O)c3)s2)nn1. The molecule has 3 heterocycles. The molecule has 0 saturated carbocycles. The predicted octanol–water partition coefficient (Wildman–Crippen LogP) is 4.56. The number of unbranched alkanes of at least 4 members (excludes halogenated alkanes) is 1. The van der Waals surface area contributed by atoms with Crippen molar-refractivity contribution in [3.8, 4) is 0 Å². The number of carbonyl (C=O) groups excluding carboxylic acids is 2. The third-order valence-corrected chi connectivity index (χ3v) is 8.20. The summed E-state index contributed by atoms with van der Waals surface area (Å²) in [4.78, 5) is 27.0. The summed E-state index contributed by atoms with van der Waals surface area (Å²) in [6.45, 7) is 1.57. The molecule has 224 valence electrons. The summed E-state index contributed by atoms with van der Waals surface area (Å²) in [5, 5.41) is 34.0. The Morgan fingerprint density at radius 3 is 2.40 bits per heavy atom. The van der Waals surface area contributed by atoms with Gasteiger partial charge >= 0.3 is 0 Å². The molecule has 43 heavy (non-hydrogen) atoms. The Balaban J connectivity index is 1.00. The number of rotatable bonds is 13. The Labute approximate surface area is 255 Å². The molecule has 1 aliphatic heterocycles. The highest BCUT2D eigenvalue weighted by Crippen LogP contribution is 2.20. The van der Waals surface area contributed by atoms with Crippen molar-refractivity contribution in [2.75, 3.05) is 17.2 Å². The third kappa shape index (κ3) is 9.74. The van der Waals surface area contributed by atoms with E-state index in [2.05, 4.69) is 35.9 Å².